The molecule has 112 valence electrons. The van der Waals surface area contributed by atoms with E-state index in [1.165, 1.54) is 19.2 Å². The number of hydrogen-bond acceptors (Lipinski definition) is 4. The Balaban J connectivity index is 3.10. The molecule has 1 rings (SSSR count). The molecule has 7 heteroatoms. The average molecular weight is 300 g/mol. The van der Waals surface area contributed by atoms with Crippen LogP contribution in [0.15, 0.2) is 29.2 Å². The van der Waals surface area contributed by atoms with E-state index in [0.29, 0.717) is 5.69 Å². The first kappa shape index (κ1) is 16.5. The van der Waals surface area contributed by atoms with Gasteiger partial charge >= 0.3 is 5.97 Å². The highest BCUT2D eigenvalue weighted by Crippen LogP contribution is 2.24. The number of carboxylic acids is 1. The number of aliphatic carboxylic acids is 1. The van der Waals surface area contributed by atoms with Gasteiger partial charge in [0.15, 0.2) is 0 Å². The van der Waals surface area contributed by atoms with Crippen molar-refractivity contribution in [3.05, 3.63) is 24.3 Å². The summed E-state index contributed by atoms with van der Waals surface area (Å²) in [6.07, 6.45) is 0. The van der Waals surface area contributed by atoms with E-state index in [-0.39, 0.29) is 4.90 Å². The van der Waals surface area contributed by atoms with Gasteiger partial charge in [-0.05, 0) is 30.7 Å². The Kier molecular flexibility index (Phi) is 4.77. The largest absolute Gasteiger partial charge is 0.480 e. The Bertz CT molecular complexity index is 591. The van der Waals surface area contributed by atoms with Crippen molar-refractivity contribution >= 4 is 21.7 Å². The lowest BCUT2D eigenvalue weighted by molar-refractivity contribution is -0.140. The van der Waals surface area contributed by atoms with Gasteiger partial charge in [0.25, 0.3) is 0 Å². The Morgan fingerprint density at radius 1 is 1.30 bits per heavy atom. The summed E-state index contributed by atoms with van der Waals surface area (Å²) in [4.78, 5) is 11.4. The van der Waals surface area contributed by atoms with Crippen molar-refractivity contribution in [3.63, 3.8) is 0 Å². The van der Waals surface area contributed by atoms with Gasteiger partial charge in [-0.15, -0.1) is 0 Å². The number of carboxylic acid groups (broad SMARTS) is 1. The van der Waals surface area contributed by atoms with E-state index in [1.54, 1.807) is 32.9 Å². The summed E-state index contributed by atoms with van der Waals surface area (Å²) in [5, 5.41) is 12.1. The topological polar surface area (TPSA) is 95.5 Å². The molecule has 0 aliphatic rings. The third kappa shape index (κ3) is 3.94. The van der Waals surface area contributed by atoms with Crippen LogP contribution in [-0.2, 0) is 14.8 Å². The first-order chi connectivity index (χ1) is 9.08. The quantitative estimate of drug-likeness (QED) is 0.766. The smallest absolute Gasteiger partial charge is 0.326 e. The predicted octanol–water partition coefficient (Wildman–Crippen LogP) is 1.51. The van der Waals surface area contributed by atoms with E-state index in [1.807, 2.05) is 0 Å². The van der Waals surface area contributed by atoms with Crippen LogP contribution in [0.1, 0.15) is 20.8 Å². The van der Waals surface area contributed by atoms with Crippen LogP contribution in [0.5, 0.6) is 0 Å². The fourth-order valence-electron chi connectivity index (χ4n) is 1.69. The molecule has 0 amide bonds. The molecule has 0 saturated carbocycles. The third-order valence-corrected chi connectivity index (χ3v) is 4.25. The molecule has 0 aliphatic carbocycles. The van der Waals surface area contributed by atoms with Gasteiger partial charge in [0, 0.05) is 5.69 Å². The fraction of sp³-hybridized carbons (Fsp3) is 0.462. The van der Waals surface area contributed by atoms with Crippen molar-refractivity contribution < 1.29 is 18.3 Å². The third-order valence-electron chi connectivity index (χ3n) is 2.84. The first-order valence-electron chi connectivity index (χ1n) is 6.11. The fourth-order valence-corrected chi connectivity index (χ4v) is 2.46. The second-order valence-corrected chi connectivity index (χ2v) is 7.40. The molecule has 1 atom stereocenters. The van der Waals surface area contributed by atoms with Crippen LogP contribution >= 0.6 is 0 Å². The highest BCUT2D eigenvalue weighted by Gasteiger charge is 2.31. The van der Waals surface area contributed by atoms with Crippen molar-refractivity contribution in [2.45, 2.75) is 31.7 Å². The Hall–Kier alpha value is -1.60. The van der Waals surface area contributed by atoms with Gasteiger partial charge < -0.3 is 10.4 Å². The molecule has 0 radical (unpaired) electrons. The number of nitrogens with one attached hydrogen (secondary N) is 2. The summed E-state index contributed by atoms with van der Waals surface area (Å²) in [7, 11) is -2.23. The van der Waals surface area contributed by atoms with Crippen LogP contribution in [0.4, 0.5) is 5.69 Å². The van der Waals surface area contributed by atoms with Gasteiger partial charge in [-0.1, -0.05) is 26.8 Å². The number of benzene rings is 1. The molecule has 0 aromatic heterocycles. The Labute approximate surface area is 119 Å². The maximum Gasteiger partial charge on any atom is 0.326 e. The lowest BCUT2D eigenvalue weighted by atomic mass is 9.86. The molecule has 0 fully saturated rings. The van der Waals surface area contributed by atoms with E-state index in [2.05, 4.69) is 10.0 Å². The monoisotopic (exact) mass is 300 g/mol. The number of sulfonamides is 1. The summed E-state index contributed by atoms with van der Waals surface area (Å²) in [5.41, 5.74) is -0.0624. The zero-order valence-corrected chi connectivity index (χ0v) is 12.8. The normalized spacial score (nSPS) is 13.8. The summed E-state index contributed by atoms with van der Waals surface area (Å²) in [6, 6.07) is 5.23. The highest BCUT2D eigenvalue weighted by atomic mass is 32.2. The molecular weight excluding hydrogens is 280 g/mol. The van der Waals surface area contributed by atoms with Gasteiger partial charge in [0.05, 0.1) is 4.90 Å². The summed E-state index contributed by atoms with van der Waals surface area (Å²) >= 11 is 0. The van der Waals surface area contributed by atoms with Crippen molar-refractivity contribution in [2.75, 3.05) is 12.4 Å². The Morgan fingerprint density at radius 3 is 2.35 bits per heavy atom. The van der Waals surface area contributed by atoms with Crippen molar-refractivity contribution in [3.8, 4) is 0 Å². The highest BCUT2D eigenvalue weighted by molar-refractivity contribution is 7.89. The number of rotatable bonds is 5. The SMILES string of the molecule is CNS(=O)(=O)c1cccc(NC(C(=O)O)C(C)(C)C)c1. The second kappa shape index (κ2) is 5.80. The lowest BCUT2D eigenvalue weighted by Gasteiger charge is -2.28. The molecule has 6 nitrogen and oxygen atoms in total. The van der Waals surface area contributed by atoms with Crippen LogP contribution in [0.25, 0.3) is 0 Å². The first-order valence-corrected chi connectivity index (χ1v) is 7.59. The number of anilines is 1. The zero-order valence-electron chi connectivity index (χ0n) is 12.0. The molecule has 1 aromatic carbocycles. The molecule has 0 saturated heterocycles. The van der Waals surface area contributed by atoms with E-state index < -0.39 is 27.4 Å². The van der Waals surface area contributed by atoms with Crippen LogP contribution in [0.3, 0.4) is 0 Å². The van der Waals surface area contributed by atoms with Gasteiger partial charge in [-0.25, -0.2) is 17.9 Å². The van der Waals surface area contributed by atoms with E-state index in [0.717, 1.165) is 0 Å². The van der Waals surface area contributed by atoms with Crippen LogP contribution in [0.2, 0.25) is 0 Å². The standard InChI is InChI=1S/C13H20N2O4S/c1-13(2,3)11(12(16)17)15-9-6-5-7-10(8-9)20(18,19)14-4/h5-8,11,14-15H,1-4H3,(H,16,17). The number of carbonyl (C=O) groups is 1. The van der Waals surface area contributed by atoms with Gasteiger partial charge in [-0.2, -0.15) is 0 Å². The Morgan fingerprint density at radius 2 is 1.90 bits per heavy atom. The summed E-state index contributed by atoms with van der Waals surface area (Å²) in [6.45, 7) is 5.40. The van der Waals surface area contributed by atoms with E-state index in [4.69, 9.17) is 0 Å². The molecule has 0 aliphatic heterocycles. The minimum Gasteiger partial charge on any atom is -0.480 e. The van der Waals surface area contributed by atoms with Crippen LogP contribution in [0, 0.1) is 5.41 Å². The molecule has 1 aromatic rings. The molecule has 0 bridgehead atoms. The molecule has 0 heterocycles. The molecule has 20 heavy (non-hydrogen) atoms. The molecule has 3 N–H and O–H groups in total. The van der Waals surface area contributed by atoms with E-state index in [9.17, 15) is 18.3 Å². The second-order valence-electron chi connectivity index (χ2n) is 5.52. The van der Waals surface area contributed by atoms with Crippen LogP contribution < -0.4 is 10.0 Å². The lowest BCUT2D eigenvalue weighted by Crippen LogP contribution is -2.41. The molecular formula is C13H20N2O4S. The zero-order chi connectivity index (χ0) is 15.6. The maximum atomic E-state index is 11.7. The van der Waals surface area contributed by atoms with Crippen LogP contribution in [-0.4, -0.2) is 32.6 Å². The van der Waals surface area contributed by atoms with Crippen molar-refractivity contribution in [2.24, 2.45) is 5.41 Å². The van der Waals surface area contributed by atoms with Gasteiger partial charge in [0.1, 0.15) is 6.04 Å². The van der Waals surface area contributed by atoms with Crippen molar-refractivity contribution in [1.29, 1.82) is 0 Å². The van der Waals surface area contributed by atoms with Gasteiger partial charge in [-0.3, -0.25) is 0 Å². The van der Waals surface area contributed by atoms with Crippen molar-refractivity contribution in [1.82, 2.24) is 4.72 Å². The minimum absolute atomic E-state index is 0.0862. The summed E-state index contributed by atoms with van der Waals surface area (Å²) in [5.74, 6) is -0.987. The van der Waals surface area contributed by atoms with E-state index >= 15 is 0 Å². The summed E-state index contributed by atoms with van der Waals surface area (Å²) < 4.78 is 25.6. The predicted molar refractivity (Wildman–Crippen MR) is 77.2 cm³/mol. The maximum absolute atomic E-state index is 11.7. The average Bonchev–Trinajstić information content (AvgIpc) is 2.34. The minimum atomic E-state index is -3.55. The van der Waals surface area contributed by atoms with Gasteiger partial charge in [0.2, 0.25) is 10.0 Å². The number of hydrogen-bond donors (Lipinski definition) is 3. The molecule has 1 unspecified atom stereocenters. The molecule has 0 spiro atoms.